The smallest absolute Gasteiger partial charge is 0.322 e. The van der Waals surface area contributed by atoms with E-state index in [9.17, 15) is 9.59 Å². The standard InChI is InChI=1S/C31H36N2O3S/c1-2-36-30(34)23-25-12-9-15-29(22-25)37-28-18-16-27(17-19-28)33(21-20-24-10-5-3-6-11-24)31(35)32-26-13-7-4-8-14-26/h3,5-6,9-12,15-19,22,26H,2,4,7-8,13-14,20-21,23H2,1H3,(H,32,35). The number of nitrogens with one attached hydrogen (secondary N) is 1. The average Bonchev–Trinajstić information content (AvgIpc) is 2.91. The lowest BCUT2D eigenvalue weighted by Gasteiger charge is -2.28. The third kappa shape index (κ3) is 8.39. The Morgan fingerprint density at radius 3 is 2.35 bits per heavy atom. The Morgan fingerprint density at radius 1 is 0.892 bits per heavy atom. The molecule has 0 aromatic heterocycles. The first-order chi connectivity index (χ1) is 18.1. The van der Waals surface area contributed by atoms with Crippen molar-refractivity contribution in [2.45, 2.75) is 67.7 Å². The zero-order chi connectivity index (χ0) is 25.9. The fourth-order valence-corrected chi connectivity index (χ4v) is 5.56. The second-order valence-corrected chi connectivity index (χ2v) is 10.5. The summed E-state index contributed by atoms with van der Waals surface area (Å²) in [5, 5.41) is 3.28. The average molecular weight is 517 g/mol. The molecule has 0 saturated heterocycles. The summed E-state index contributed by atoms with van der Waals surface area (Å²) in [4.78, 5) is 29.2. The topological polar surface area (TPSA) is 58.6 Å². The third-order valence-electron chi connectivity index (χ3n) is 6.58. The Balaban J connectivity index is 1.44. The van der Waals surface area contributed by atoms with E-state index in [1.54, 1.807) is 11.8 Å². The van der Waals surface area contributed by atoms with Gasteiger partial charge in [0.15, 0.2) is 0 Å². The largest absolute Gasteiger partial charge is 0.466 e. The van der Waals surface area contributed by atoms with Gasteiger partial charge in [-0.1, -0.05) is 73.5 Å². The van der Waals surface area contributed by atoms with Gasteiger partial charge < -0.3 is 10.1 Å². The fraction of sp³-hybridized carbons (Fsp3) is 0.355. The van der Waals surface area contributed by atoms with Crippen LogP contribution in [0.2, 0.25) is 0 Å². The number of hydrogen-bond donors (Lipinski definition) is 1. The molecule has 37 heavy (non-hydrogen) atoms. The SMILES string of the molecule is CCOC(=O)Cc1cccc(Sc2ccc(N(CCc3ccccc3)C(=O)NC3CCCCC3)cc2)c1. The van der Waals surface area contributed by atoms with E-state index < -0.39 is 0 Å². The van der Waals surface area contributed by atoms with Crippen LogP contribution in [0.15, 0.2) is 88.7 Å². The van der Waals surface area contributed by atoms with E-state index in [1.165, 1.54) is 24.8 Å². The molecule has 1 saturated carbocycles. The number of urea groups is 1. The molecule has 1 aliphatic carbocycles. The van der Waals surface area contributed by atoms with Gasteiger partial charge in [0.05, 0.1) is 13.0 Å². The highest BCUT2D eigenvalue weighted by atomic mass is 32.2. The lowest BCUT2D eigenvalue weighted by molar-refractivity contribution is -0.142. The quantitative estimate of drug-likeness (QED) is 0.294. The summed E-state index contributed by atoms with van der Waals surface area (Å²) in [5.74, 6) is -0.212. The van der Waals surface area contributed by atoms with Crippen LogP contribution in [0.25, 0.3) is 0 Å². The van der Waals surface area contributed by atoms with E-state index in [4.69, 9.17) is 4.74 Å². The van der Waals surface area contributed by atoms with Crippen LogP contribution in [-0.4, -0.2) is 31.2 Å². The van der Waals surface area contributed by atoms with E-state index >= 15 is 0 Å². The van der Waals surface area contributed by atoms with Gasteiger partial charge in [0.1, 0.15) is 0 Å². The minimum Gasteiger partial charge on any atom is -0.466 e. The Kier molecular flexibility index (Phi) is 10.1. The molecule has 0 spiro atoms. The molecule has 194 valence electrons. The molecule has 3 aromatic carbocycles. The van der Waals surface area contributed by atoms with Gasteiger partial charge in [-0.05, 0) is 73.7 Å². The molecular weight excluding hydrogens is 480 g/mol. The monoisotopic (exact) mass is 516 g/mol. The van der Waals surface area contributed by atoms with Gasteiger partial charge in [0.2, 0.25) is 0 Å². The van der Waals surface area contributed by atoms with E-state index in [-0.39, 0.29) is 24.5 Å². The predicted molar refractivity (Wildman–Crippen MR) is 150 cm³/mol. The number of carbonyl (C=O) groups is 2. The summed E-state index contributed by atoms with van der Waals surface area (Å²) in [6.07, 6.45) is 6.81. The number of carbonyl (C=O) groups excluding carboxylic acids is 2. The molecule has 0 heterocycles. The predicted octanol–water partition coefficient (Wildman–Crippen LogP) is 7.03. The van der Waals surface area contributed by atoms with Crippen LogP contribution in [0.4, 0.5) is 10.5 Å². The minimum atomic E-state index is -0.212. The first-order valence-corrected chi connectivity index (χ1v) is 14.1. The van der Waals surface area contributed by atoms with Crippen LogP contribution in [0.5, 0.6) is 0 Å². The van der Waals surface area contributed by atoms with Crippen molar-refractivity contribution in [2.75, 3.05) is 18.1 Å². The van der Waals surface area contributed by atoms with Crippen molar-refractivity contribution in [1.29, 1.82) is 0 Å². The summed E-state index contributed by atoms with van der Waals surface area (Å²) < 4.78 is 5.07. The zero-order valence-electron chi connectivity index (χ0n) is 21.5. The maximum Gasteiger partial charge on any atom is 0.322 e. The summed E-state index contributed by atoms with van der Waals surface area (Å²) in [6.45, 7) is 2.82. The molecule has 0 unspecified atom stereocenters. The number of rotatable bonds is 10. The van der Waals surface area contributed by atoms with Crippen molar-refractivity contribution < 1.29 is 14.3 Å². The van der Waals surface area contributed by atoms with Crippen LogP contribution in [0.3, 0.4) is 0 Å². The van der Waals surface area contributed by atoms with Gasteiger partial charge in [0, 0.05) is 28.1 Å². The van der Waals surface area contributed by atoms with Crippen LogP contribution < -0.4 is 10.2 Å². The Bertz CT molecular complexity index is 1140. The number of amides is 2. The molecule has 3 aromatic rings. The molecule has 5 nitrogen and oxygen atoms in total. The maximum atomic E-state index is 13.4. The minimum absolute atomic E-state index is 0.0186. The van der Waals surface area contributed by atoms with Gasteiger partial charge in [-0.2, -0.15) is 0 Å². The van der Waals surface area contributed by atoms with Crippen LogP contribution >= 0.6 is 11.8 Å². The molecule has 0 atom stereocenters. The Labute approximate surface area is 224 Å². The molecule has 1 fully saturated rings. The molecule has 6 heteroatoms. The van der Waals surface area contributed by atoms with Crippen LogP contribution in [0, 0.1) is 0 Å². The van der Waals surface area contributed by atoms with Gasteiger partial charge >= 0.3 is 12.0 Å². The first-order valence-electron chi connectivity index (χ1n) is 13.2. The van der Waals surface area contributed by atoms with Gasteiger partial charge in [0.25, 0.3) is 0 Å². The van der Waals surface area contributed by atoms with E-state index in [2.05, 4.69) is 29.6 Å². The molecular formula is C31H36N2O3S. The number of benzene rings is 3. The first kappa shape index (κ1) is 26.8. The molecule has 2 amide bonds. The van der Waals surface area contributed by atoms with Crippen molar-refractivity contribution in [3.05, 3.63) is 90.0 Å². The normalized spacial score (nSPS) is 13.6. The number of hydrogen-bond acceptors (Lipinski definition) is 4. The van der Waals surface area contributed by atoms with Gasteiger partial charge in [-0.25, -0.2) is 4.79 Å². The van der Waals surface area contributed by atoms with E-state index in [0.29, 0.717) is 13.2 Å². The van der Waals surface area contributed by atoms with Crippen molar-refractivity contribution in [2.24, 2.45) is 0 Å². The third-order valence-corrected chi connectivity index (χ3v) is 7.58. The van der Waals surface area contributed by atoms with Crippen molar-refractivity contribution in [3.63, 3.8) is 0 Å². The van der Waals surface area contributed by atoms with Gasteiger partial charge in [-0.3, -0.25) is 9.69 Å². The second-order valence-electron chi connectivity index (χ2n) is 9.40. The molecule has 1 N–H and O–H groups in total. The molecule has 0 bridgehead atoms. The highest BCUT2D eigenvalue weighted by Crippen LogP contribution is 2.30. The summed E-state index contributed by atoms with van der Waals surface area (Å²) in [6, 6.07) is 26.7. The van der Waals surface area contributed by atoms with Crippen molar-refractivity contribution in [3.8, 4) is 0 Å². The van der Waals surface area contributed by atoms with Crippen molar-refractivity contribution in [1.82, 2.24) is 5.32 Å². The molecule has 0 radical (unpaired) electrons. The highest BCUT2D eigenvalue weighted by molar-refractivity contribution is 7.99. The number of esters is 1. The van der Waals surface area contributed by atoms with E-state index in [0.717, 1.165) is 40.3 Å². The van der Waals surface area contributed by atoms with Crippen LogP contribution in [0.1, 0.15) is 50.2 Å². The molecule has 0 aliphatic heterocycles. The number of nitrogens with zero attached hydrogens (tertiary/aromatic N) is 1. The van der Waals surface area contributed by atoms with E-state index in [1.807, 2.05) is 66.4 Å². The summed E-state index contributed by atoms with van der Waals surface area (Å²) in [5.41, 5.74) is 3.05. The number of ether oxygens (including phenoxy) is 1. The maximum absolute atomic E-state index is 13.4. The highest BCUT2D eigenvalue weighted by Gasteiger charge is 2.21. The van der Waals surface area contributed by atoms with Gasteiger partial charge in [-0.15, -0.1) is 0 Å². The van der Waals surface area contributed by atoms with Crippen LogP contribution in [-0.2, 0) is 22.4 Å². The Morgan fingerprint density at radius 2 is 1.62 bits per heavy atom. The molecule has 4 rings (SSSR count). The Hall–Kier alpha value is -3.25. The van der Waals surface area contributed by atoms with Crippen molar-refractivity contribution >= 4 is 29.4 Å². The summed E-state index contributed by atoms with van der Waals surface area (Å²) in [7, 11) is 0. The number of anilines is 1. The zero-order valence-corrected chi connectivity index (χ0v) is 22.3. The summed E-state index contributed by atoms with van der Waals surface area (Å²) >= 11 is 1.64. The lowest BCUT2D eigenvalue weighted by atomic mass is 9.96. The second kappa shape index (κ2) is 13.9. The molecule has 1 aliphatic rings. The lowest BCUT2D eigenvalue weighted by Crippen LogP contribution is -2.46. The fourth-order valence-electron chi connectivity index (χ4n) is 4.66.